The van der Waals surface area contributed by atoms with Crippen molar-refractivity contribution in [2.45, 2.75) is 27.7 Å². The van der Waals surface area contributed by atoms with Crippen molar-refractivity contribution in [3.8, 4) is 0 Å². The molecule has 0 heterocycles. The molecule has 0 aromatic rings. The molecular formula is C7H20N2O. The van der Waals surface area contributed by atoms with Crippen molar-refractivity contribution in [1.29, 1.82) is 0 Å². The normalized spacial score (nSPS) is 5.70. The van der Waals surface area contributed by atoms with Crippen LogP contribution in [-0.4, -0.2) is 19.5 Å². The number of nitrogens with one attached hydrogen (secondary N) is 1. The molecule has 0 aliphatic carbocycles. The van der Waals surface area contributed by atoms with Crippen LogP contribution in [0.4, 0.5) is 0 Å². The van der Waals surface area contributed by atoms with Crippen LogP contribution in [0, 0.1) is 0 Å². The van der Waals surface area contributed by atoms with Gasteiger partial charge in [-0.3, -0.25) is 4.79 Å². The average molecular weight is 148 g/mol. The smallest absolute Gasteiger partial charge is 0.207 e. The van der Waals surface area contributed by atoms with Crippen molar-refractivity contribution in [3.63, 3.8) is 0 Å². The molecule has 0 fully saturated rings. The fourth-order valence-corrected chi connectivity index (χ4v) is 0.0833. The summed E-state index contributed by atoms with van der Waals surface area (Å²) in [6.07, 6.45) is 0.681. The van der Waals surface area contributed by atoms with Crippen LogP contribution in [0.1, 0.15) is 27.7 Å². The van der Waals surface area contributed by atoms with Gasteiger partial charge in [-0.1, -0.05) is 20.8 Å². The van der Waals surface area contributed by atoms with Crippen LogP contribution >= 0.6 is 0 Å². The summed E-state index contributed by atoms with van der Waals surface area (Å²) in [6.45, 7) is 9.25. The van der Waals surface area contributed by atoms with Crippen molar-refractivity contribution < 1.29 is 4.79 Å². The molecular weight excluding hydrogens is 128 g/mol. The number of nitrogens with two attached hydrogens (primary N) is 1. The molecule has 0 bridgehead atoms. The molecule has 0 radical (unpaired) electrons. The van der Waals surface area contributed by atoms with Crippen LogP contribution in [0.25, 0.3) is 0 Å². The van der Waals surface area contributed by atoms with Crippen molar-refractivity contribution in [1.82, 2.24) is 5.32 Å². The molecule has 0 atom stereocenters. The van der Waals surface area contributed by atoms with E-state index in [0.717, 1.165) is 13.1 Å². The zero-order valence-corrected chi connectivity index (χ0v) is 7.48. The van der Waals surface area contributed by atoms with E-state index in [1.54, 1.807) is 0 Å². The Labute approximate surface area is 64.0 Å². The van der Waals surface area contributed by atoms with Gasteiger partial charge in [0.25, 0.3) is 0 Å². The van der Waals surface area contributed by atoms with Gasteiger partial charge in [-0.15, -0.1) is 0 Å². The Morgan fingerprint density at radius 2 is 1.70 bits per heavy atom. The van der Waals surface area contributed by atoms with Gasteiger partial charge in [0, 0.05) is 6.54 Å². The summed E-state index contributed by atoms with van der Waals surface area (Å²) >= 11 is 0. The molecule has 0 spiro atoms. The predicted octanol–water partition coefficient (Wildman–Crippen LogP) is 0.744. The lowest BCUT2D eigenvalue weighted by atomic mass is 10.8. The number of amides is 1. The van der Waals surface area contributed by atoms with Gasteiger partial charge in [-0.2, -0.15) is 0 Å². The lowest BCUT2D eigenvalue weighted by Gasteiger charge is -1.78. The highest BCUT2D eigenvalue weighted by Gasteiger charge is 1.59. The van der Waals surface area contributed by atoms with Gasteiger partial charge in [0.15, 0.2) is 0 Å². The molecule has 0 unspecified atom stereocenters. The Morgan fingerprint density at radius 3 is 1.70 bits per heavy atom. The van der Waals surface area contributed by atoms with E-state index in [1.165, 1.54) is 0 Å². The largest absolute Gasteiger partial charge is 0.359 e. The van der Waals surface area contributed by atoms with E-state index >= 15 is 0 Å². The average Bonchev–Trinajstić information content (AvgIpc) is 1.96. The second-order valence-corrected chi connectivity index (χ2v) is 1.08. The minimum absolute atomic E-state index is 0.681. The third-order valence-electron chi connectivity index (χ3n) is 0.287. The number of carbonyl (C=O) groups excluding carboxylic acids is 1. The highest BCUT2D eigenvalue weighted by molar-refractivity contribution is 5.45. The first-order valence-corrected chi connectivity index (χ1v) is 3.70. The van der Waals surface area contributed by atoms with E-state index in [2.05, 4.69) is 5.32 Å². The summed E-state index contributed by atoms with van der Waals surface area (Å²) in [5, 5.41) is 2.43. The second-order valence-electron chi connectivity index (χ2n) is 1.08. The van der Waals surface area contributed by atoms with Crippen molar-refractivity contribution in [3.05, 3.63) is 0 Å². The van der Waals surface area contributed by atoms with Crippen molar-refractivity contribution in [2.24, 2.45) is 5.73 Å². The Balaban J connectivity index is -0.0000000847. The summed E-state index contributed by atoms with van der Waals surface area (Å²) < 4.78 is 0. The maximum atomic E-state index is 9.29. The highest BCUT2D eigenvalue weighted by Crippen LogP contribution is 1.37. The molecule has 0 saturated carbocycles. The minimum Gasteiger partial charge on any atom is -0.359 e. The molecule has 10 heavy (non-hydrogen) atoms. The van der Waals surface area contributed by atoms with E-state index in [-0.39, 0.29) is 0 Å². The molecule has 3 nitrogen and oxygen atoms in total. The Bertz CT molecular complexity index is 40.6. The summed E-state index contributed by atoms with van der Waals surface area (Å²) in [5.74, 6) is 0. The SMILES string of the molecule is CC.CCN.CCNC=O. The zero-order chi connectivity index (χ0) is 8.83. The Hall–Kier alpha value is -0.570. The number of rotatable bonds is 2. The third kappa shape index (κ3) is 150. The van der Waals surface area contributed by atoms with Crippen LogP contribution in [0.2, 0.25) is 0 Å². The van der Waals surface area contributed by atoms with Crippen molar-refractivity contribution in [2.75, 3.05) is 13.1 Å². The monoisotopic (exact) mass is 148 g/mol. The maximum Gasteiger partial charge on any atom is 0.207 e. The van der Waals surface area contributed by atoms with Crippen LogP contribution in [0.5, 0.6) is 0 Å². The summed E-state index contributed by atoms with van der Waals surface area (Å²) in [7, 11) is 0. The van der Waals surface area contributed by atoms with E-state index in [0.29, 0.717) is 6.41 Å². The summed E-state index contributed by atoms with van der Waals surface area (Å²) in [6, 6.07) is 0. The van der Waals surface area contributed by atoms with Gasteiger partial charge in [0.05, 0.1) is 0 Å². The standard InChI is InChI=1S/C3H7NO.C2H7N.C2H6/c1-2-4-3-5;1-2-3;1-2/h3H,2H2,1H3,(H,4,5);2-3H2,1H3;1-2H3. The lowest BCUT2D eigenvalue weighted by molar-refractivity contribution is -0.109. The van der Waals surface area contributed by atoms with Gasteiger partial charge in [-0.25, -0.2) is 0 Å². The first-order valence-electron chi connectivity index (χ1n) is 3.70. The lowest BCUT2D eigenvalue weighted by Crippen LogP contribution is -2.07. The molecule has 0 aromatic heterocycles. The topological polar surface area (TPSA) is 55.1 Å². The van der Waals surface area contributed by atoms with E-state index in [9.17, 15) is 4.79 Å². The molecule has 0 saturated heterocycles. The molecule has 0 aromatic carbocycles. The third-order valence-corrected chi connectivity index (χ3v) is 0.287. The first-order chi connectivity index (χ1) is 4.83. The van der Waals surface area contributed by atoms with Gasteiger partial charge in [0.1, 0.15) is 0 Å². The summed E-state index contributed by atoms with van der Waals surface area (Å²) in [4.78, 5) is 9.29. The Kier molecular flexibility index (Phi) is 64.1. The fraction of sp³-hybridized carbons (Fsp3) is 0.857. The quantitative estimate of drug-likeness (QED) is 0.568. The molecule has 0 aliphatic heterocycles. The molecule has 0 aliphatic rings. The second kappa shape index (κ2) is 39.6. The Morgan fingerprint density at radius 1 is 1.40 bits per heavy atom. The maximum absolute atomic E-state index is 9.29. The molecule has 0 rings (SSSR count). The van der Waals surface area contributed by atoms with Gasteiger partial charge >= 0.3 is 0 Å². The van der Waals surface area contributed by atoms with Crippen LogP contribution in [-0.2, 0) is 4.79 Å². The van der Waals surface area contributed by atoms with Crippen LogP contribution in [0.15, 0.2) is 0 Å². The molecule has 1 amide bonds. The fourth-order valence-electron chi connectivity index (χ4n) is 0.0833. The van der Waals surface area contributed by atoms with E-state index in [4.69, 9.17) is 5.73 Å². The van der Waals surface area contributed by atoms with E-state index < -0.39 is 0 Å². The molecule has 3 N–H and O–H groups in total. The van der Waals surface area contributed by atoms with Gasteiger partial charge in [0.2, 0.25) is 6.41 Å². The minimum atomic E-state index is 0.681. The van der Waals surface area contributed by atoms with Gasteiger partial charge in [-0.05, 0) is 13.5 Å². The van der Waals surface area contributed by atoms with E-state index in [1.807, 2.05) is 27.7 Å². The first kappa shape index (κ1) is 16.2. The summed E-state index contributed by atoms with van der Waals surface area (Å²) in [5.41, 5.74) is 4.85. The highest BCUT2D eigenvalue weighted by atomic mass is 16.1. The molecule has 64 valence electrons. The number of carbonyl (C=O) groups is 1. The predicted molar refractivity (Wildman–Crippen MR) is 45.8 cm³/mol. The number of hydrogen-bond donors (Lipinski definition) is 2. The molecule has 3 heteroatoms. The van der Waals surface area contributed by atoms with Crippen LogP contribution in [0.3, 0.4) is 0 Å². The van der Waals surface area contributed by atoms with Crippen molar-refractivity contribution >= 4 is 6.41 Å². The zero-order valence-electron chi connectivity index (χ0n) is 7.48. The van der Waals surface area contributed by atoms with Gasteiger partial charge < -0.3 is 11.1 Å². The number of hydrogen-bond acceptors (Lipinski definition) is 2. The van der Waals surface area contributed by atoms with Crippen LogP contribution < -0.4 is 11.1 Å².